The molecule has 0 aliphatic heterocycles. The summed E-state index contributed by atoms with van der Waals surface area (Å²) in [4.78, 5) is 0. The van der Waals surface area contributed by atoms with Crippen LogP contribution in [0.3, 0.4) is 0 Å². The molecule has 0 aliphatic rings. The van der Waals surface area contributed by atoms with Gasteiger partial charge in [-0.25, -0.2) is 8.78 Å². The zero-order valence-corrected chi connectivity index (χ0v) is 8.63. The van der Waals surface area contributed by atoms with Gasteiger partial charge in [-0.15, -0.1) is 0 Å². The molecule has 0 radical (unpaired) electrons. The third-order valence-electron chi connectivity index (χ3n) is 1.82. The molecule has 1 atom stereocenters. The smallest absolute Gasteiger partial charge is 0.168 e. The number of ether oxygens (including phenoxy) is 1. The monoisotopic (exact) mass is 213 g/mol. The van der Waals surface area contributed by atoms with E-state index in [4.69, 9.17) is 10.5 Å². The number of hydrogen-bond acceptors (Lipinski definition) is 2. The molecule has 0 saturated heterocycles. The Balaban J connectivity index is 3.14. The van der Waals surface area contributed by atoms with E-state index in [0.29, 0.717) is 5.56 Å². The maximum Gasteiger partial charge on any atom is 0.168 e. The minimum atomic E-state index is -0.721. The fourth-order valence-corrected chi connectivity index (χ4v) is 1.17. The molecular formula is C11H13F2NO. The average molecular weight is 213 g/mol. The van der Waals surface area contributed by atoms with Crippen molar-refractivity contribution in [3.05, 3.63) is 35.4 Å². The summed E-state index contributed by atoms with van der Waals surface area (Å²) in [6.45, 7) is 1.76. The number of methoxy groups -OCH3 is 1. The molecular weight excluding hydrogens is 200 g/mol. The zero-order valence-electron chi connectivity index (χ0n) is 8.63. The Bertz CT molecular complexity index is 375. The van der Waals surface area contributed by atoms with Crippen molar-refractivity contribution in [2.45, 2.75) is 13.0 Å². The number of benzene rings is 1. The van der Waals surface area contributed by atoms with Crippen LogP contribution >= 0.6 is 0 Å². The predicted molar refractivity (Wildman–Crippen MR) is 55.6 cm³/mol. The Labute approximate surface area is 87.4 Å². The third kappa shape index (κ3) is 3.02. The molecule has 0 aromatic heterocycles. The number of hydrogen-bond donors (Lipinski definition) is 1. The molecule has 1 rings (SSSR count). The van der Waals surface area contributed by atoms with Gasteiger partial charge in [0.05, 0.1) is 7.11 Å². The van der Waals surface area contributed by atoms with Gasteiger partial charge in [-0.3, -0.25) is 0 Å². The number of rotatable bonds is 3. The molecule has 2 nitrogen and oxygen atoms in total. The van der Waals surface area contributed by atoms with E-state index in [2.05, 4.69) is 0 Å². The molecule has 4 heteroatoms. The maximum absolute atomic E-state index is 13.2. The summed E-state index contributed by atoms with van der Waals surface area (Å²) in [5.41, 5.74) is 5.83. The van der Waals surface area contributed by atoms with E-state index < -0.39 is 11.6 Å². The lowest BCUT2D eigenvalue weighted by Crippen LogP contribution is -2.10. The Morgan fingerprint density at radius 2 is 2.07 bits per heavy atom. The van der Waals surface area contributed by atoms with Gasteiger partial charge in [0.15, 0.2) is 11.6 Å². The van der Waals surface area contributed by atoms with Crippen molar-refractivity contribution in [2.75, 3.05) is 7.11 Å². The van der Waals surface area contributed by atoms with Crippen LogP contribution < -0.4 is 10.5 Å². The minimum absolute atomic E-state index is 0.0216. The zero-order chi connectivity index (χ0) is 11.4. The second-order valence-corrected chi connectivity index (χ2v) is 3.23. The normalized spacial score (nSPS) is 13.1. The molecule has 1 aromatic rings. The molecule has 0 amide bonds. The molecule has 1 aromatic carbocycles. The molecule has 0 bridgehead atoms. The van der Waals surface area contributed by atoms with Crippen molar-refractivity contribution < 1.29 is 13.5 Å². The highest BCUT2D eigenvalue weighted by molar-refractivity contribution is 5.58. The van der Waals surface area contributed by atoms with Crippen LogP contribution in [-0.4, -0.2) is 13.2 Å². The van der Waals surface area contributed by atoms with Crippen LogP contribution in [0.4, 0.5) is 8.78 Å². The Kier molecular flexibility index (Phi) is 3.80. The van der Waals surface area contributed by atoms with E-state index in [1.54, 1.807) is 13.0 Å². The summed E-state index contributed by atoms with van der Waals surface area (Å²) >= 11 is 0. The van der Waals surface area contributed by atoms with Crippen LogP contribution in [0, 0.1) is 11.6 Å². The lowest BCUT2D eigenvalue weighted by Gasteiger charge is -2.06. The van der Waals surface area contributed by atoms with Crippen molar-refractivity contribution in [3.8, 4) is 5.75 Å². The van der Waals surface area contributed by atoms with Gasteiger partial charge >= 0.3 is 0 Å². The largest absolute Gasteiger partial charge is 0.493 e. The van der Waals surface area contributed by atoms with Gasteiger partial charge in [-0.05, 0) is 13.0 Å². The number of halogens is 2. The summed E-state index contributed by atoms with van der Waals surface area (Å²) in [6.07, 6.45) is 3.17. The van der Waals surface area contributed by atoms with E-state index in [1.807, 2.05) is 0 Å². The first-order chi connectivity index (χ1) is 7.04. The highest BCUT2D eigenvalue weighted by Crippen LogP contribution is 2.25. The fourth-order valence-electron chi connectivity index (χ4n) is 1.17. The number of nitrogens with two attached hydrogens (primary N) is 1. The highest BCUT2D eigenvalue weighted by Gasteiger charge is 2.09. The first-order valence-corrected chi connectivity index (χ1v) is 4.51. The lowest BCUT2D eigenvalue weighted by molar-refractivity contribution is 0.383. The van der Waals surface area contributed by atoms with E-state index in [0.717, 1.165) is 6.07 Å². The van der Waals surface area contributed by atoms with Gasteiger partial charge in [-0.2, -0.15) is 0 Å². The van der Waals surface area contributed by atoms with Crippen LogP contribution in [0.1, 0.15) is 12.5 Å². The van der Waals surface area contributed by atoms with Gasteiger partial charge in [0.1, 0.15) is 5.82 Å². The van der Waals surface area contributed by atoms with Crippen LogP contribution in [0.2, 0.25) is 0 Å². The predicted octanol–water partition coefficient (Wildman–Crippen LogP) is 2.33. The lowest BCUT2D eigenvalue weighted by atomic mass is 10.1. The summed E-state index contributed by atoms with van der Waals surface area (Å²) in [7, 11) is 1.33. The first-order valence-electron chi connectivity index (χ1n) is 4.51. The van der Waals surface area contributed by atoms with Gasteiger partial charge < -0.3 is 10.5 Å². The quantitative estimate of drug-likeness (QED) is 0.836. The molecule has 1 unspecified atom stereocenters. The highest BCUT2D eigenvalue weighted by atomic mass is 19.1. The van der Waals surface area contributed by atoms with E-state index in [9.17, 15) is 8.78 Å². The van der Waals surface area contributed by atoms with Crippen molar-refractivity contribution in [1.82, 2.24) is 0 Å². The second-order valence-electron chi connectivity index (χ2n) is 3.23. The summed E-state index contributed by atoms with van der Waals surface area (Å²) in [5, 5.41) is 0. The van der Waals surface area contributed by atoms with E-state index in [-0.39, 0.29) is 11.8 Å². The first kappa shape index (κ1) is 11.7. The molecule has 0 aliphatic carbocycles. The SMILES string of the molecule is COc1c(F)cc(F)cc1/C=C/C(C)N. The fraction of sp³-hybridized carbons (Fsp3) is 0.273. The van der Waals surface area contributed by atoms with Gasteiger partial charge in [0.25, 0.3) is 0 Å². The van der Waals surface area contributed by atoms with Crippen molar-refractivity contribution >= 4 is 6.08 Å². The molecule has 15 heavy (non-hydrogen) atoms. The van der Waals surface area contributed by atoms with Crippen LogP contribution in [0.15, 0.2) is 18.2 Å². The third-order valence-corrected chi connectivity index (χ3v) is 1.82. The van der Waals surface area contributed by atoms with Gasteiger partial charge in [0, 0.05) is 17.7 Å². The Morgan fingerprint density at radius 3 is 2.60 bits per heavy atom. The van der Waals surface area contributed by atoms with Crippen LogP contribution in [-0.2, 0) is 0 Å². The van der Waals surface area contributed by atoms with Crippen LogP contribution in [0.5, 0.6) is 5.75 Å². The Hall–Kier alpha value is -1.42. The Morgan fingerprint density at radius 1 is 1.40 bits per heavy atom. The summed E-state index contributed by atoms with van der Waals surface area (Å²) in [5.74, 6) is -1.34. The maximum atomic E-state index is 13.2. The van der Waals surface area contributed by atoms with Crippen molar-refractivity contribution in [3.63, 3.8) is 0 Å². The van der Waals surface area contributed by atoms with E-state index in [1.165, 1.54) is 19.3 Å². The molecule has 0 spiro atoms. The molecule has 0 heterocycles. The molecule has 2 N–H and O–H groups in total. The van der Waals surface area contributed by atoms with Gasteiger partial charge in [-0.1, -0.05) is 12.2 Å². The summed E-state index contributed by atoms with van der Waals surface area (Å²) < 4.78 is 30.9. The van der Waals surface area contributed by atoms with E-state index >= 15 is 0 Å². The van der Waals surface area contributed by atoms with Crippen LogP contribution in [0.25, 0.3) is 6.08 Å². The molecule has 82 valence electrons. The standard InChI is InChI=1S/C11H13F2NO/c1-7(14)3-4-8-5-9(12)6-10(13)11(8)15-2/h3-7H,14H2,1-2H3/b4-3+. The topological polar surface area (TPSA) is 35.2 Å². The summed E-state index contributed by atoms with van der Waals surface area (Å²) in [6, 6.07) is 1.80. The van der Waals surface area contributed by atoms with Gasteiger partial charge in [0.2, 0.25) is 0 Å². The van der Waals surface area contributed by atoms with Crippen molar-refractivity contribution in [2.24, 2.45) is 5.73 Å². The molecule has 0 fully saturated rings. The average Bonchev–Trinajstić information content (AvgIpc) is 2.13. The van der Waals surface area contributed by atoms with Crippen molar-refractivity contribution in [1.29, 1.82) is 0 Å². The molecule has 0 saturated carbocycles. The second kappa shape index (κ2) is 4.89. The minimum Gasteiger partial charge on any atom is -0.493 e.